The lowest BCUT2D eigenvalue weighted by Gasteiger charge is -2.22. The van der Waals surface area contributed by atoms with Gasteiger partial charge in [-0.15, -0.1) is 0 Å². The van der Waals surface area contributed by atoms with E-state index in [9.17, 15) is 18.0 Å². The standard InChI is InChI=1S/C13H17N3O4S/c1-16(11-4-7-21(19,20)9-11)13(18)12(17)15-8-10-2-5-14-6-3-10/h2-3,5-6,11H,4,7-9H2,1H3,(H,15,17). The molecule has 114 valence electrons. The van der Waals surface area contributed by atoms with E-state index in [1.165, 1.54) is 11.9 Å². The highest BCUT2D eigenvalue weighted by molar-refractivity contribution is 7.91. The Morgan fingerprint density at radius 3 is 2.62 bits per heavy atom. The molecule has 1 aliphatic heterocycles. The Morgan fingerprint density at radius 2 is 2.05 bits per heavy atom. The molecule has 2 amide bonds. The second kappa shape index (κ2) is 6.21. The number of sulfone groups is 1. The number of hydrogen-bond acceptors (Lipinski definition) is 5. The number of hydrogen-bond donors (Lipinski definition) is 1. The van der Waals surface area contributed by atoms with E-state index in [2.05, 4.69) is 10.3 Å². The molecule has 1 aromatic rings. The zero-order chi connectivity index (χ0) is 15.5. The minimum absolute atomic E-state index is 0.0634. The minimum Gasteiger partial charge on any atom is -0.344 e. The lowest BCUT2D eigenvalue weighted by atomic mass is 10.2. The van der Waals surface area contributed by atoms with Crippen LogP contribution in [0.4, 0.5) is 0 Å². The molecule has 7 nitrogen and oxygen atoms in total. The molecular weight excluding hydrogens is 294 g/mol. The molecule has 1 aromatic heterocycles. The van der Waals surface area contributed by atoms with Gasteiger partial charge in [0.2, 0.25) is 0 Å². The van der Waals surface area contributed by atoms with Crippen LogP contribution in [-0.4, -0.2) is 54.7 Å². The molecule has 0 aromatic carbocycles. The summed E-state index contributed by atoms with van der Waals surface area (Å²) in [6.45, 7) is 0.226. The van der Waals surface area contributed by atoms with Crippen molar-refractivity contribution in [2.75, 3.05) is 18.6 Å². The molecule has 0 saturated carbocycles. The maximum absolute atomic E-state index is 12.0. The van der Waals surface area contributed by atoms with E-state index < -0.39 is 27.7 Å². The molecule has 1 saturated heterocycles. The summed E-state index contributed by atoms with van der Waals surface area (Å²) in [5, 5.41) is 2.52. The zero-order valence-electron chi connectivity index (χ0n) is 11.7. The number of likely N-dealkylation sites (N-methyl/N-ethyl adjacent to an activating group) is 1. The van der Waals surface area contributed by atoms with E-state index in [1.807, 2.05) is 0 Å². The molecule has 1 N–H and O–H groups in total. The Bertz CT molecular complexity index is 630. The smallest absolute Gasteiger partial charge is 0.311 e. The predicted octanol–water partition coefficient (Wildman–Crippen LogP) is -0.657. The molecule has 1 atom stereocenters. The molecule has 1 aliphatic rings. The van der Waals surface area contributed by atoms with E-state index in [0.717, 1.165) is 5.56 Å². The molecule has 0 radical (unpaired) electrons. The number of amides is 2. The number of carbonyl (C=O) groups excluding carboxylic acids is 2. The Morgan fingerprint density at radius 1 is 1.38 bits per heavy atom. The van der Waals surface area contributed by atoms with Crippen molar-refractivity contribution in [3.05, 3.63) is 30.1 Å². The van der Waals surface area contributed by atoms with E-state index >= 15 is 0 Å². The maximum Gasteiger partial charge on any atom is 0.311 e. The van der Waals surface area contributed by atoms with Crippen LogP contribution >= 0.6 is 0 Å². The number of pyridine rings is 1. The van der Waals surface area contributed by atoms with Crippen molar-refractivity contribution in [2.24, 2.45) is 0 Å². The summed E-state index contributed by atoms with van der Waals surface area (Å²) >= 11 is 0. The van der Waals surface area contributed by atoms with Gasteiger partial charge >= 0.3 is 11.8 Å². The average molecular weight is 311 g/mol. The van der Waals surface area contributed by atoms with Crippen LogP contribution in [0.1, 0.15) is 12.0 Å². The van der Waals surface area contributed by atoms with Gasteiger partial charge < -0.3 is 10.2 Å². The monoisotopic (exact) mass is 311 g/mol. The number of rotatable bonds is 3. The molecule has 0 aliphatic carbocycles. The molecule has 0 bridgehead atoms. The molecule has 1 fully saturated rings. The highest BCUT2D eigenvalue weighted by Crippen LogP contribution is 2.16. The van der Waals surface area contributed by atoms with Crippen molar-refractivity contribution in [1.29, 1.82) is 0 Å². The predicted molar refractivity (Wildman–Crippen MR) is 75.9 cm³/mol. The van der Waals surface area contributed by atoms with Crippen LogP contribution in [0.25, 0.3) is 0 Å². The van der Waals surface area contributed by atoms with Gasteiger partial charge in [-0.05, 0) is 24.1 Å². The van der Waals surface area contributed by atoms with Crippen LogP contribution in [0.3, 0.4) is 0 Å². The largest absolute Gasteiger partial charge is 0.344 e. The Labute approximate surface area is 123 Å². The highest BCUT2D eigenvalue weighted by atomic mass is 32.2. The first-order valence-electron chi connectivity index (χ1n) is 6.53. The lowest BCUT2D eigenvalue weighted by molar-refractivity contribution is -0.146. The fourth-order valence-corrected chi connectivity index (χ4v) is 3.94. The molecule has 2 heterocycles. The molecule has 2 rings (SSSR count). The first-order chi connectivity index (χ1) is 9.89. The summed E-state index contributed by atoms with van der Waals surface area (Å²) in [5.41, 5.74) is 0.831. The minimum atomic E-state index is -3.09. The zero-order valence-corrected chi connectivity index (χ0v) is 12.5. The summed E-state index contributed by atoms with van der Waals surface area (Å²) in [6, 6.07) is 3.05. The summed E-state index contributed by atoms with van der Waals surface area (Å²) in [7, 11) is -1.63. The van der Waals surface area contributed by atoms with E-state index in [4.69, 9.17) is 0 Å². The first kappa shape index (κ1) is 15.4. The molecular formula is C13H17N3O4S. The summed E-state index contributed by atoms with van der Waals surface area (Å²) in [5.74, 6) is -1.47. The third-order valence-electron chi connectivity index (χ3n) is 3.47. The Hall–Kier alpha value is -1.96. The Balaban J connectivity index is 1.89. The second-order valence-electron chi connectivity index (χ2n) is 5.01. The molecule has 21 heavy (non-hydrogen) atoms. The number of nitrogens with one attached hydrogen (secondary N) is 1. The third kappa shape index (κ3) is 4.01. The third-order valence-corrected chi connectivity index (χ3v) is 5.22. The lowest BCUT2D eigenvalue weighted by Crippen LogP contribution is -2.46. The first-order valence-corrected chi connectivity index (χ1v) is 8.35. The van der Waals surface area contributed by atoms with Gasteiger partial charge in [-0.2, -0.15) is 0 Å². The van der Waals surface area contributed by atoms with Gasteiger partial charge in [0.15, 0.2) is 9.84 Å². The van der Waals surface area contributed by atoms with Crippen molar-refractivity contribution in [3.8, 4) is 0 Å². The van der Waals surface area contributed by atoms with E-state index in [0.29, 0.717) is 6.42 Å². The van der Waals surface area contributed by atoms with Crippen LogP contribution in [0.15, 0.2) is 24.5 Å². The van der Waals surface area contributed by atoms with Crippen molar-refractivity contribution in [2.45, 2.75) is 19.0 Å². The number of nitrogens with zero attached hydrogens (tertiary/aromatic N) is 2. The normalized spacial score (nSPS) is 20.0. The van der Waals surface area contributed by atoms with Crippen molar-refractivity contribution < 1.29 is 18.0 Å². The van der Waals surface area contributed by atoms with E-state index in [1.54, 1.807) is 24.5 Å². The van der Waals surface area contributed by atoms with Crippen molar-refractivity contribution in [1.82, 2.24) is 15.2 Å². The van der Waals surface area contributed by atoms with Gasteiger partial charge in [-0.25, -0.2) is 8.42 Å². The average Bonchev–Trinajstić information content (AvgIpc) is 2.84. The van der Waals surface area contributed by atoms with Crippen LogP contribution in [0.2, 0.25) is 0 Å². The summed E-state index contributed by atoms with van der Waals surface area (Å²) in [4.78, 5) is 28.8. The topological polar surface area (TPSA) is 96.4 Å². The van der Waals surface area contributed by atoms with Gasteiger partial charge in [0.1, 0.15) is 0 Å². The fraction of sp³-hybridized carbons (Fsp3) is 0.462. The van der Waals surface area contributed by atoms with Gasteiger partial charge in [-0.3, -0.25) is 14.6 Å². The van der Waals surface area contributed by atoms with Gasteiger partial charge in [0.05, 0.1) is 11.5 Å². The van der Waals surface area contributed by atoms with E-state index in [-0.39, 0.29) is 18.1 Å². The highest BCUT2D eigenvalue weighted by Gasteiger charge is 2.34. The van der Waals surface area contributed by atoms with Crippen LogP contribution in [0.5, 0.6) is 0 Å². The van der Waals surface area contributed by atoms with Crippen molar-refractivity contribution in [3.63, 3.8) is 0 Å². The quantitative estimate of drug-likeness (QED) is 0.748. The molecule has 1 unspecified atom stereocenters. The maximum atomic E-state index is 12.0. The van der Waals surface area contributed by atoms with Gasteiger partial charge in [0.25, 0.3) is 0 Å². The number of carbonyl (C=O) groups is 2. The number of aromatic nitrogens is 1. The van der Waals surface area contributed by atoms with Crippen LogP contribution in [0, 0.1) is 0 Å². The Kier molecular flexibility index (Phi) is 4.56. The SMILES string of the molecule is CN(C(=O)C(=O)NCc1ccncc1)C1CCS(=O)(=O)C1. The van der Waals surface area contributed by atoms with Gasteiger partial charge in [0, 0.05) is 32.0 Å². The van der Waals surface area contributed by atoms with Crippen LogP contribution < -0.4 is 5.32 Å². The van der Waals surface area contributed by atoms with Crippen LogP contribution in [-0.2, 0) is 26.0 Å². The summed E-state index contributed by atoms with van der Waals surface area (Å²) in [6.07, 6.45) is 3.57. The van der Waals surface area contributed by atoms with Gasteiger partial charge in [-0.1, -0.05) is 0 Å². The summed E-state index contributed by atoms with van der Waals surface area (Å²) < 4.78 is 22.8. The fourth-order valence-electron chi connectivity index (χ4n) is 2.17. The molecule has 8 heteroatoms. The van der Waals surface area contributed by atoms with Crippen molar-refractivity contribution >= 4 is 21.7 Å². The second-order valence-corrected chi connectivity index (χ2v) is 7.24. The molecule has 0 spiro atoms.